The summed E-state index contributed by atoms with van der Waals surface area (Å²) in [6, 6.07) is 2.74. The van der Waals surface area contributed by atoms with Gasteiger partial charge in [0.05, 0.1) is 18.2 Å². The van der Waals surface area contributed by atoms with Gasteiger partial charge >= 0.3 is 0 Å². The quantitative estimate of drug-likeness (QED) is 0.318. The summed E-state index contributed by atoms with van der Waals surface area (Å²) in [6.07, 6.45) is 0. The van der Waals surface area contributed by atoms with E-state index in [1.54, 1.807) is 0 Å². The molecule has 0 saturated carbocycles. The molecule has 6 N–H and O–H groups in total. The van der Waals surface area contributed by atoms with Crippen molar-refractivity contribution < 1.29 is 15.3 Å². The lowest BCUT2D eigenvalue weighted by molar-refractivity contribution is 0.248. The van der Waals surface area contributed by atoms with Crippen LogP contribution in [0.4, 0.5) is 23.3 Å². The van der Waals surface area contributed by atoms with E-state index in [9.17, 15) is 15.3 Å². The number of fused-ring (bicyclic) bond motifs is 1. The largest absolute Gasteiger partial charge is 0.507 e. The Morgan fingerprint density at radius 1 is 1.00 bits per heavy atom. The van der Waals surface area contributed by atoms with E-state index in [-0.39, 0.29) is 53.7 Å². The number of rotatable bonds is 9. The second-order valence-corrected chi connectivity index (χ2v) is 9.49. The second kappa shape index (κ2) is 10.1. The van der Waals surface area contributed by atoms with E-state index in [1.165, 1.54) is 12.1 Å². The molecule has 3 rings (SSSR count). The molecule has 0 unspecified atom stereocenters. The lowest BCUT2D eigenvalue weighted by atomic mass is 10.1. The van der Waals surface area contributed by atoms with Crippen LogP contribution in [0.5, 0.6) is 11.5 Å². The molecule has 0 bridgehead atoms. The topological polar surface area (TPSA) is 129 Å². The molecule has 2 aromatic rings. The highest BCUT2D eigenvalue weighted by atomic mass is 35.5. The maximum Gasteiger partial charge on any atom is 0.227 e. The SMILES string of the molecule is CC(C)[C@H](CO)Nc1nc(NCc2c(O)cc(Cl)cc2O)c2c(n1)N(C(C)C)NN2C(C)C. The Morgan fingerprint density at radius 3 is 2.12 bits per heavy atom. The standard InChI is InChI=1S/C22H34ClN7O3/c1-11(2)16(10-31)25-22-26-20(24-9-15-17(32)7-14(23)8-18(15)33)19-21(27-22)30(13(5)6)28-29(19)12(3)4/h7-8,11-13,16,28,31-33H,9-10H2,1-6H3,(H2,24,25,26,27)/t16-/m0/s1. The fraction of sp³-hybridized carbons (Fsp3) is 0.545. The van der Waals surface area contributed by atoms with Gasteiger partial charge in [-0.25, -0.2) is 0 Å². The zero-order chi connectivity index (χ0) is 24.4. The van der Waals surface area contributed by atoms with E-state index in [2.05, 4.69) is 30.0 Å². The molecule has 0 saturated heterocycles. The lowest BCUT2D eigenvalue weighted by Crippen LogP contribution is -2.50. The summed E-state index contributed by atoms with van der Waals surface area (Å²) < 4.78 is 0. The van der Waals surface area contributed by atoms with Gasteiger partial charge in [0.1, 0.15) is 17.2 Å². The zero-order valence-corrected chi connectivity index (χ0v) is 20.6. The van der Waals surface area contributed by atoms with Crippen LogP contribution in [0.3, 0.4) is 0 Å². The van der Waals surface area contributed by atoms with Gasteiger partial charge in [-0.1, -0.05) is 25.4 Å². The van der Waals surface area contributed by atoms with Crippen LogP contribution in [-0.2, 0) is 6.54 Å². The Bertz CT molecular complexity index is 964. The van der Waals surface area contributed by atoms with Gasteiger partial charge in [0.2, 0.25) is 5.95 Å². The summed E-state index contributed by atoms with van der Waals surface area (Å²) in [5, 5.41) is 41.0. The van der Waals surface area contributed by atoms with Gasteiger partial charge in [0.25, 0.3) is 0 Å². The van der Waals surface area contributed by atoms with Gasteiger partial charge in [0, 0.05) is 23.7 Å². The Morgan fingerprint density at radius 2 is 1.61 bits per heavy atom. The Balaban J connectivity index is 2.06. The van der Waals surface area contributed by atoms with Crippen molar-refractivity contribution in [3.05, 3.63) is 22.7 Å². The molecular weight excluding hydrogens is 446 g/mol. The van der Waals surface area contributed by atoms with Crippen LogP contribution in [0.1, 0.15) is 47.1 Å². The van der Waals surface area contributed by atoms with Crippen molar-refractivity contribution in [1.82, 2.24) is 15.5 Å². The van der Waals surface area contributed by atoms with E-state index >= 15 is 0 Å². The monoisotopic (exact) mass is 479 g/mol. The molecule has 182 valence electrons. The van der Waals surface area contributed by atoms with Crippen LogP contribution < -0.4 is 26.2 Å². The second-order valence-electron chi connectivity index (χ2n) is 9.05. The predicted molar refractivity (Wildman–Crippen MR) is 132 cm³/mol. The molecular formula is C22H34ClN7O3. The van der Waals surface area contributed by atoms with Crippen molar-refractivity contribution in [1.29, 1.82) is 0 Å². The van der Waals surface area contributed by atoms with E-state index in [0.29, 0.717) is 23.1 Å². The Labute approximate surface area is 199 Å². The predicted octanol–water partition coefficient (Wildman–Crippen LogP) is 3.44. The zero-order valence-electron chi connectivity index (χ0n) is 19.9. The third kappa shape index (κ3) is 5.29. The number of nitrogens with zero attached hydrogens (tertiary/aromatic N) is 4. The summed E-state index contributed by atoms with van der Waals surface area (Å²) in [4.78, 5) is 9.44. The summed E-state index contributed by atoms with van der Waals surface area (Å²) >= 11 is 5.91. The summed E-state index contributed by atoms with van der Waals surface area (Å²) in [5.74, 6) is 1.51. The molecule has 1 aliphatic heterocycles. The van der Waals surface area contributed by atoms with Crippen LogP contribution in [-0.4, -0.2) is 50.0 Å². The van der Waals surface area contributed by atoms with Crippen molar-refractivity contribution >= 4 is 34.9 Å². The van der Waals surface area contributed by atoms with E-state index < -0.39 is 0 Å². The number of aliphatic hydroxyl groups is 1. The summed E-state index contributed by atoms with van der Waals surface area (Å²) in [7, 11) is 0. The number of hydrazine groups is 2. The lowest BCUT2D eigenvalue weighted by Gasteiger charge is -2.27. The molecule has 33 heavy (non-hydrogen) atoms. The summed E-state index contributed by atoms with van der Waals surface area (Å²) in [6.45, 7) is 12.3. The number of aliphatic hydroxyl groups excluding tert-OH is 1. The minimum absolute atomic E-state index is 0.0579. The first-order valence-electron chi connectivity index (χ1n) is 11.1. The third-order valence-corrected chi connectivity index (χ3v) is 5.72. The molecule has 2 heterocycles. The smallest absolute Gasteiger partial charge is 0.227 e. The molecule has 0 radical (unpaired) electrons. The number of nitrogens with one attached hydrogen (secondary N) is 3. The number of benzene rings is 1. The molecule has 0 amide bonds. The van der Waals surface area contributed by atoms with Crippen LogP contribution in [0.15, 0.2) is 12.1 Å². The van der Waals surface area contributed by atoms with Gasteiger partial charge in [-0.3, -0.25) is 10.0 Å². The molecule has 0 aliphatic carbocycles. The molecule has 0 spiro atoms. The van der Waals surface area contributed by atoms with Crippen molar-refractivity contribution in [2.45, 2.75) is 66.2 Å². The van der Waals surface area contributed by atoms with Crippen LogP contribution >= 0.6 is 11.6 Å². The maximum atomic E-state index is 10.3. The minimum atomic E-state index is -0.219. The normalized spacial score (nSPS) is 14.4. The molecule has 1 aliphatic rings. The van der Waals surface area contributed by atoms with Crippen LogP contribution in [0.2, 0.25) is 5.02 Å². The fourth-order valence-corrected chi connectivity index (χ4v) is 3.72. The highest BCUT2D eigenvalue weighted by Crippen LogP contribution is 2.41. The van der Waals surface area contributed by atoms with Crippen LogP contribution in [0.25, 0.3) is 0 Å². The Hall–Kier alpha value is -2.69. The highest BCUT2D eigenvalue weighted by molar-refractivity contribution is 6.30. The van der Waals surface area contributed by atoms with Crippen molar-refractivity contribution in [3.63, 3.8) is 0 Å². The van der Waals surface area contributed by atoms with Gasteiger partial charge in [0.15, 0.2) is 11.6 Å². The summed E-state index contributed by atoms with van der Waals surface area (Å²) in [5.41, 5.74) is 4.43. The number of phenols is 2. The minimum Gasteiger partial charge on any atom is -0.507 e. The Kier molecular flexibility index (Phi) is 7.61. The third-order valence-electron chi connectivity index (χ3n) is 5.50. The first-order chi connectivity index (χ1) is 15.5. The van der Waals surface area contributed by atoms with Gasteiger partial charge < -0.3 is 26.0 Å². The van der Waals surface area contributed by atoms with E-state index in [0.717, 1.165) is 5.69 Å². The van der Waals surface area contributed by atoms with Crippen molar-refractivity contribution in [2.24, 2.45) is 5.92 Å². The van der Waals surface area contributed by atoms with Crippen LogP contribution in [0, 0.1) is 5.92 Å². The number of hydrogen-bond donors (Lipinski definition) is 6. The average Bonchev–Trinajstić information content (AvgIpc) is 3.11. The molecule has 11 heteroatoms. The maximum absolute atomic E-state index is 10.3. The highest BCUT2D eigenvalue weighted by Gasteiger charge is 2.35. The fourth-order valence-electron chi connectivity index (χ4n) is 3.52. The van der Waals surface area contributed by atoms with E-state index in [1.807, 2.05) is 37.7 Å². The molecule has 1 atom stereocenters. The number of phenolic OH excluding ortho intramolecular Hbond substituents is 2. The van der Waals surface area contributed by atoms with Gasteiger partial charge in [-0.15, -0.1) is 5.53 Å². The van der Waals surface area contributed by atoms with Crippen molar-refractivity contribution in [3.8, 4) is 11.5 Å². The molecule has 1 aromatic carbocycles. The molecule has 0 fully saturated rings. The number of aromatic nitrogens is 2. The average molecular weight is 480 g/mol. The first kappa shape index (κ1) is 24.9. The first-order valence-corrected chi connectivity index (χ1v) is 11.5. The molecule has 10 nitrogen and oxygen atoms in total. The molecule has 1 aromatic heterocycles. The van der Waals surface area contributed by atoms with E-state index in [4.69, 9.17) is 21.6 Å². The number of halogens is 1. The van der Waals surface area contributed by atoms with Gasteiger partial charge in [-0.2, -0.15) is 9.97 Å². The number of aromatic hydroxyl groups is 2. The number of anilines is 4. The number of hydrogen-bond acceptors (Lipinski definition) is 10. The van der Waals surface area contributed by atoms with Gasteiger partial charge in [-0.05, 0) is 45.7 Å². The van der Waals surface area contributed by atoms with Crippen molar-refractivity contribution in [2.75, 3.05) is 27.3 Å².